The molecule has 0 atom stereocenters. The maximum absolute atomic E-state index is 12.1. The van der Waals surface area contributed by atoms with Gasteiger partial charge < -0.3 is 4.74 Å². The topological polar surface area (TPSA) is 26.3 Å². The lowest BCUT2D eigenvalue weighted by molar-refractivity contribution is -0.151. The molecule has 1 fully saturated rings. The molecule has 0 saturated heterocycles. The third-order valence-electron chi connectivity index (χ3n) is 3.34. The summed E-state index contributed by atoms with van der Waals surface area (Å²) in [6.07, 6.45) is 3.36. The molecule has 16 heavy (non-hydrogen) atoms. The van der Waals surface area contributed by atoms with Gasteiger partial charge in [-0.3, -0.25) is 4.79 Å². The molecule has 2 nitrogen and oxygen atoms in total. The first-order valence-corrected chi connectivity index (χ1v) is 6.57. The third kappa shape index (κ3) is 2.30. The quantitative estimate of drug-likeness (QED) is 0.794. The van der Waals surface area contributed by atoms with Crippen LogP contribution in [0.4, 0.5) is 0 Å². The van der Waals surface area contributed by atoms with Crippen molar-refractivity contribution in [1.29, 1.82) is 0 Å². The SMILES string of the molecule is COC1(C(=O)Cc2ccc(I)cc2)CCC1. The fourth-order valence-electron chi connectivity index (χ4n) is 2.04. The molecule has 0 amide bonds. The highest BCUT2D eigenvalue weighted by molar-refractivity contribution is 14.1. The summed E-state index contributed by atoms with van der Waals surface area (Å²) in [5.41, 5.74) is 0.608. The normalized spacial score (nSPS) is 17.9. The zero-order valence-electron chi connectivity index (χ0n) is 9.33. The summed E-state index contributed by atoms with van der Waals surface area (Å²) < 4.78 is 6.57. The van der Waals surface area contributed by atoms with Gasteiger partial charge in [0.2, 0.25) is 0 Å². The van der Waals surface area contributed by atoms with Crippen molar-refractivity contribution in [2.45, 2.75) is 31.3 Å². The van der Waals surface area contributed by atoms with Crippen molar-refractivity contribution >= 4 is 28.4 Å². The molecular weight excluding hydrogens is 315 g/mol. The number of carbonyl (C=O) groups excluding carboxylic acids is 1. The molecule has 0 aromatic heterocycles. The summed E-state index contributed by atoms with van der Waals surface area (Å²) in [6.45, 7) is 0. The maximum Gasteiger partial charge on any atom is 0.168 e. The van der Waals surface area contributed by atoms with Gasteiger partial charge in [-0.15, -0.1) is 0 Å². The molecule has 86 valence electrons. The minimum absolute atomic E-state index is 0.224. The molecule has 0 radical (unpaired) electrons. The second-order valence-corrected chi connectivity index (χ2v) is 5.52. The average Bonchev–Trinajstić information content (AvgIpc) is 2.21. The van der Waals surface area contributed by atoms with Crippen LogP contribution in [0.25, 0.3) is 0 Å². The smallest absolute Gasteiger partial charge is 0.168 e. The minimum atomic E-state index is -0.469. The fourth-order valence-corrected chi connectivity index (χ4v) is 2.40. The van der Waals surface area contributed by atoms with Crippen LogP contribution in [0.5, 0.6) is 0 Å². The van der Waals surface area contributed by atoms with E-state index < -0.39 is 5.60 Å². The van der Waals surface area contributed by atoms with E-state index in [1.807, 2.05) is 24.3 Å². The molecule has 0 N–H and O–H groups in total. The third-order valence-corrected chi connectivity index (χ3v) is 4.06. The highest BCUT2D eigenvalue weighted by Crippen LogP contribution is 2.36. The Morgan fingerprint density at radius 2 is 2.00 bits per heavy atom. The van der Waals surface area contributed by atoms with Gasteiger partial charge in [0, 0.05) is 17.1 Å². The largest absolute Gasteiger partial charge is 0.370 e. The van der Waals surface area contributed by atoms with E-state index in [4.69, 9.17) is 4.74 Å². The van der Waals surface area contributed by atoms with E-state index >= 15 is 0 Å². The van der Waals surface area contributed by atoms with E-state index in [1.54, 1.807) is 7.11 Å². The summed E-state index contributed by atoms with van der Waals surface area (Å²) in [4.78, 5) is 12.1. The van der Waals surface area contributed by atoms with Crippen LogP contribution in [0.3, 0.4) is 0 Å². The van der Waals surface area contributed by atoms with Crippen LogP contribution in [-0.2, 0) is 16.0 Å². The number of hydrogen-bond donors (Lipinski definition) is 0. The summed E-state index contributed by atoms with van der Waals surface area (Å²) >= 11 is 2.26. The van der Waals surface area contributed by atoms with Gasteiger partial charge in [0.1, 0.15) is 5.60 Å². The van der Waals surface area contributed by atoms with Gasteiger partial charge in [0.25, 0.3) is 0 Å². The molecular formula is C13H15IO2. The number of halogens is 1. The second-order valence-electron chi connectivity index (χ2n) is 4.28. The van der Waals surface area contributed by atoms with Gasteiger partial charge in [0.05, 0.1) is 0 Å². The van der Waals surface area contributed by atoms with Crippen molar-refractivity contribution in [2.75, 3.05) is 7.11 Å². The molecule has 1 aliphatic carbocycles. The molecule has 1 saturated carbocycles. The zero-order chi connectivity index (χ0) is 11.6. The highest BCUT2D eigenvalue weighted by Gasteiger charge is 2.43. The Morgan fingerprint density at radius 3 is 2.44 bits per heavy atom. The van der Waals surface area contributed by atoms with Crippen LogP contribution in [0.15, 0.2) is 24.3 Å². The number of hydrogen-bond acceptors (Lipinski definition) is 2. The first-order chi connectivity index (χ1) is 7.66. The lowest BCUT2D eigenvalue weighted by Gasteiger charge is -2.38. The Bertz CT molecular complexity index is 374. The number of benzene rings is 1. The first kappa shape index (κ1) is 12.0. The number of rotatable bonds is 4. The predicted molar refractivity (Wildman–Crippen MR) is 71.5 cm³/mol. The van der Waals surface area contributed by atoms with Gasteiger partial charge in [-0.05, 0) is 59.5 Å². The molecule has 1 aromatic rings. The van der Waals surface area contributed by atoms with E-state index in [9.17, 15) is 4.79 Å². The Balaban J connectivity index is 2.04. The monoisotopic (exact) mass is 330 g/mol. The predicted octanol–water partition coefficient (Wildman–Crippen LogP) is 2.97. The van der Waals surface area contributed by atoms with E-state index in [0.29, 0.717) is 6.42 Å². The fraction of sp³-hybridized carbons (Fsp3) is 0.462. The van der Waals surface area contributed by atoms with Gasteiger partial charge >= 0.3 is 0 Å². The van der Waals surface area contributed by atoms with E-state index in [-0.39, 0.29) is 5.78 Å². The minimum Gasteiger partial charge on any atom is -0.370 e. The average molecular weight is 330 g/mol. The van der Waals surface area contributed by atoms with Crippen molar-refractivity contribution < 1.29 is 9.53 Å². The van der Waals surface area contributed by atoms with Crippen molar-refractivity contribution in [1.82, 2.24) is 0 Å². The molecule has 1 aliphatic rings. The van der Waals surface area contributed by atoms with E-state index in [0.717, 1.165) is 24.8 Å². The Morgan fingerprint density at radius 1 is 1.38 bits per heavy atom. The molecule has 0 unspecified atom stereocenters. The van der Waals surface area contributed by atoms with Crippen molar-refractivity contribution in [3.05, 3.63) is 33.4 Å². The number of ether oxygens (including phenoxy) is 1. The van der Waals surface area contributed by atoms with Crippen LogP contribution in [0, 0.1) is 3.57 Å². The van der Waals surface area contributed by atoms with Gasteiger partial charge in [0.15, 0.2) is 5.78 Å². The number of methoxy groups -OCH3 is 1. The summed E-state index contributed by atoms with van der Waals surface area (Å²) in [7, 11) is 1.64. The number of carbonyl (C=O) groups is 1. The first-order valence-electron chi connectivity index (χ1n) is 5.49. The molecule has 0 aliphatic heterocycles. The van der Waals surface area contributed by atoms with Gasteiger partial charge in [-0.2, -0.15) is 0 Å². The van der Waals surface area contributed by atoms with Crippen LogP contribution < -0.4 is 0 Å². The molecule has 0 heterocycles. The molecule has 1 aromatic carbocycles. The van der Waals surface area contributed by atoms with Crippen LogP contribution >= 0.6 is 22.6 Å². The van der Waals surface area contributed by atoms with Crippen LogP contribution in [0.1, 0.15) is 24.8 Å². The maximum atomic E-state index is 12.1. The van der Waals surface area contributed by atoms with Crippen molar-refractivity contribution in [2.24, 2.45) is 0 Å². The van der Waals surface area contributed by atoms with Crippen molar-refractivity contribution in [3.63, 3.8) is 0 Å². The standard InChI is InChI=1S/C13H15IO2/c1-16-13(7-2-8-13)12(15)9-10-3-5-11(14)6-4-10/h3-6H,2,7-9H2,1H3. The molecule has 0 bridgehead atoms. The van der Waals surface area contributed by atoms with Crippen LogP contribution in [0.2, 0.25) is 0 Å². The van der Waals surface area contributed by atoms with E-state index in [2.05, 4.69) is 22.6 Å². The Hall–Kier alpha value is -0.420. The van der Waals surface area contributed by atoms with Gasteiger partial charge in [-0.1, -0.05) is 12.1 Å². The number of Topliss-reactive ketones (excluding diaryl/α,β-unsaturated/α-hetero) is 1. The molecule has 0 spiro atoms. The molecule has 3 heteroatoms. The number of ketones is 1. The Kier molecular flexibility index (Phi) is 3.64. The van der Waals surface area contributed by atoms with Crippen molar-refractivity contribution in [3.8, 4) is 0 Å². The van der Waals surface area contributed by atoms with Gasteiger partial charge in [-0.25, -0.2) is 0 Å². The van der Waals surface area contributed by atoms with Crippen LogP contribution in [-0.4, -0.2) is 18.5 Å². The lowest BCUT2D eigenvalue weighted by atomic mass is 9.75. The molecule has 2 rings (SSSR count). The zero-order valence-corrected chi connectivity index (χ0v) is 11.5. The lowest BCUT2D eigenvalue weighted by Crippen LogP contribution is -2.47. The Labute approximate surface area is 110 Å². The van der Waals surface area contributed by atoms with E-state index in [1.165, 1.54) is 3.57 Å². The summed E-state index contributed by atoms with van der Waals surface area (Å²) in [5.74, 6) is 0.224. The second kappa shape index (κ2) is 4.84. The summed E-state index contributed by atoms with van der Waals surface area (Å²) in [5, 5.41) is 0. The summed E-state index contributed by atoms with van der Waals surface area (Å²) in [6, 6.07) is 8.09. The highest BCUT2D eigenvalue weighted by atomic mass is 127.